The van der Waals surface area contributed by atoms with Crippen LogP contribution in [0.5, 0.6) is 0 Å². The third kappa shape index (κ3) is 4.34. The number of hydrogen-bond donors (Lipinski definition) is 2. The minimum absolute atomic E-state index is 0.226. The van der Waals surface area contributed by atoms with Gasteiger partial charge in [0.25, 0.3) is 0 Å². The maximum Gasteiger partial charge on any atom is 0.132 e. The van der Waals surface area contributed by atoms with Crippen molar-refractivity contribution in [3.05, 3.63) is 114 Å². The van der Waals surface area contributed by atoms with Crippen LogP contribution in [0.25, 0.3) is 6.08 Å². The Morgan fingerprint density at radius 1 is 0.889 bits per heavy atom. The molecule has 0 spiro atoms. The molecule has 0 heterocycles. The van der Waals surface area contributed by atoms with Gasteiger partial charge in [-0.1, -0.05) is 97.6 Å². The number of rotatable bonds is 8. The average molecular weight is 359 g/mol. The highest BCUT2D eigenvalue weighted by Crippen LogP contribution is 2.32. The van der Waals surface area contributed by atoms with Gasteiger partial charge in [-0.05, 0) is 22.3 Å². The van der Waals surface area contributed by atoms with Gasteiger partial charge in [-0.3, -0.25) is 0 Å². The van der Waals surface area contributed by atoms with Crippen LogP contribution in [0.3, 0.4) is 0 Å². The lowest BCUT2D eigenvalue weighted by atomic mass is 9.81. The zero-order chi connectivity index (χ0) is 19.1. The number of nitrogens with two attached hydrogens (primary N) is 1. The van der Waals surface area contributed by atoms with E-state index >= 15 is 0 Å². The van der Waals surface area contributed by atoms with Gasteiger partial charge in [0.05, 0.1) is 19.3 Å². The molecule has 138 valence electrons. The van der Waals surface area contributed by atoms with E-state index < -0.39 is 11.6 Å². The van der Waals surface area contributed by atoms with E-state index in [1.54, 1.807) is 6.08 Å². The van der Waals surface area contributed by atoms with Crippen LogP contribution < -0.4 is 5.73 Å². The summed E-state index contributed by atoms with van der Waals surface area (Å²) in [4.78, 5) is 0. The molecule has 0 amide bonds. The number of hydrogen-bond acceptors (Lipinski definition) is 3. The molecule has 0 bridgehead atoms. The predicted octanol–water partition coefficient (Wildman–Crippen LogP) is 4.11. The fourth-order valence-electron chi connectivity index (χ4n) is 3.15. The largest absolute Gasteiger partial charge is 0.379 e. The van der Waals surface area contributed by atoms with E-state index in [2.05, 4.69) is 6.58 Å². The van der Waals surface area contributed by atoms with E-state index in [9.17, 15) is 5.11 Å². The fraction of sp³-hybridized carbons (Fsp3) is 0.167. The standard InChI is InChI=1S/C24H25NO2/c1-2-19-13-15-20(16-14-19)17-27-18-23(25)24(26,21-9-5-3-6-10-21)22-11-7-4-8-12-22/h2-16,23,26H,1,17-18,25H2/t23-/m0/s1. The molecule has 3 nitrogen and oxygen atoms in total. The highest BCUT2D eigenvalue weighted by molar-refractivity contribution is 5.47. The first-order valence-electron chi connectivity index (χ1n) is 9.02. The van der Waals surface area contributed by atoms with E-state index in [-0.39, 0.29) is 6.61 Å². The van der Waals surface area contributed by atoms with Gasteiger partial charge in [-0.25, -0.2) is 0 Å². The molecule has 0 aliphatic carbocycles. The molecule has 0 radical (unpaired) electrons. The van der Waals surface area contributed by atoms with Crippen LogP contribution >= 0.6 is 0 Å². The molecule has 0 saturated carbocycles. The lowest BCUT2D eigenvalue weighted by Gasteiger charge is -2.35. The summed E-state index contributed by atoms with van der Waals surface area (Å²) < 4.78 is 5.83. The van der Waals surface area contributed by atoms with Crippen LogP contribution in [-0.4, -0.2) is 17.8 Å². The van der Waals surface area contributed by atoms with Crippen LogP contribution in [0.4, 0.5) is 0 Å². The van der Waals surface area contributed by atoms with Crippen molar-refractivity contribution in [2.24, 2.45) is 5.73 Å². The van der Waals surface area contributed by atoms with Crippen LogP contribution in [-0.2, 0) is 16.9 Å². The summed E-state index contributed by atoms with van der Waals surface area (Å²) in [5.74, 6) is 0. The van der Waals surface area contributed by atoms with Crippen molar-refractivity contribution in [1.29, 1.82) is 0 Å². The highest BCUT2D eigenvalue weighted by Gasteiger charge is 2.38. The van der Waals surface area contributed by atoms with Crippen LogP contribution in [0.2, 0.25) is 0 Å². The average Bonchev–Trinajstić information content (AvgIpc) is 2.74. The van der Waals surface area contributed by atoms with Crippen molar-refractivity contribution < 1.29 is 9.84 Å². The first kappa shape index (κ1) is 19.1. The molecule has 0 unspecified atom stereocenters. The molecule has 27 heavy (non-hydrogen) atoms. The topological polar surface area (TPSA) is 55.5 Å². The molecule has 0 aliphatic heterocycles. The zero-order valence-corrected chi connectivity index (χ0v) is 15.3. The lowest BCUT2D eigenvalue weighted by molar-refractivity contribution is 0.00259. The summed E-state index contributed by atoms with van der Waals surface area (Å²) in [5, 5.41) is 11.6. The van der Waals surface area contributed by atoms with Crippen molar-refractivity contribution in [2.45, 2.75) is 18.2 Å². The molecule has 0 saturated heterocycles. The van der Waals surface area contributed by atoms with Crippen molar-refractivity contribution in [3.63, 3.8) is 0 Å². The Hall–Kier alpha value is -2.72. The molecule has 0 fully saturated rings. The minimum Gasteiger partial charge on any atom is -0.379 e. The Kier molecular flexibility index (Phi) is 6.20. The van der Waals surface area contributed by atoms with Gasteiger partial charge in [0.2, 0.25) is 0 Å². The molecule has 0 aromatic heterocycles. The zero-order valence-electron chi connectivity index (χ0n) is 15.3. The second-order valence-electron chi connectivity index (χ2n) is 6.57. The molecular weight excluding hydrogens is 334 g/mol. The normalized spacial score (nSPS) is 12.5. The summed E-state index contributed by atoms with van der Waals surface area (Å²) in [6.45, 7) is 4.42. The molecule has 1 atom stereocenters. The van der Waals surface area contributed by atoms with Crippen LogP contribution in [0, 0.1) is 0 Å². The van der Waals surface area contributed by atoms with E-state index in [0.717, 1.165) is 22.3 Å². The third-order valence-electron chi connectivity index (χ3n) is 4.75. The van der Waals surface area contributed by atoms with E-state index in [0.29, 0.717) is 6.61 Å². The Labute approximate surface area is 160 Å². The molecule has 3 aromatic carbocycles. The Bertz CT molecular complexity index is 805. The van der Waals surface area contributed by atoms with Gasteiger partial charge in [-0.2, -0.15) is 0 Å². The van der Waals surface area contributed by atoms with Gasteiger partial charge in [0, 0.05) is 0 Å². The molecule has 3 aromatic rings. The van der Waals surface area contributed by atoms with Crippen LogP contribution in [0.15, 0.2) is 91.5 Å². The number of ether oxygens (including phenoxy) is 1. The summed E-state index contributed by atoms with van der Waals surface area (Å²) in [7, 11) is 0. The molecule has 3 N–H and O–H groups in total. The predicted molar refractivity (Wildman–Crippen MR) is 110 cm³/mol. The fourth-order valence-corrected chi connectivity index (χ4v) is 3.15. The molecule has 3 heteroatoms. The second-order valence-corrected chi connectivity index (χ2v) is 6.57. The third-order valence-corrected chi connectivity index (χ3v) is 4.75. The van der Waals surface area contributed by atoms with Crippen molar-refractivity contribution >= 4 is 6.08 Å². The maximum atomic E-state index is 11.6. The Balaban J connectivity index is 1.75. The lowest BCUT2D eigenvalue weighted by Crippen LogP contribution is -2.49. The number of aliphatic hydroxyl groups is 1. The summed E-state index contributed by atoms with van der Waals surface area (Å²) in [6, 6.07) is 26.4. The van der Waals surface area contributed by atoms with Crippen molar-refractivity contribution in [3.8, 4) is 0 Å². The monoisotopic (exact) mass is 359 g/mol. The second kappa shape index (κ2) is 8.78. The van der Waals surface area contributed by atoms with Gasteiger partial charge >= 0.3 is 0 Å². The molecule has 3 rings (SSSR count). The molecular formula is C24H25NO2. The van der Waals surface area contributed by atoms with Gasteiger partial charge in [0.15, 0.2) is 0 Å². The SMILES string of the molecule is C=Cc1ccc(COC[C@H](N)C(O)(c2ccccc2)c2ccccc2)cc1. The minimum atomic E-state index is -1.32. The van der Waals surface area contributed by atoms with Crippen LogP contribution in [0.1, 0.15) is 22.3 Å². The van der Waals surface area contributed by atoms with Gasteiger partial charge < -0.3 is 15.6 Å². The quantitative estimate of drug-likeness (QED) is 0.636. The number of benzene rings is 3. The van der Waals surface area contributed by atoms with Gasteiger partial charge in [-0.15, -0.1) is 0 Å². The summed E-state index contributed by atoms with van der Waals surface area (Å²) >= 11 is 0. The summed E-state index contributed by atoms with van der Waals surface area (Å²) in [6.07, 6.45) is 1.81. The highest BCUT2D eigenvalue weighted by atomic mass is 16.5. The van der Waals surface area contributed by atoms with Gasteiger partial charge in [0.1, 0.15) is 5.60 Å². The van der Waals surface area contributed by atoms with E-state index in [1.807, 2.05) is 84.9 Å². The molecule has 0 aliphatic rings. The smallest absolute Gasteiger partial charge is 0.132 e. The van der Waals surface area contributed by atoms with Crippen molar-refractivity contribution in [2.75, 3.05) is 6.61 Å². The maximum absolute atomic E-state index is 11.6. The first-order valence-corrected chi connectivity index (χ1v) is 9.02. The van der Waals surface area contributed by atoms with E-state index in [1.165, 1.54) is 0 Å². The first-order chi connectivity index (χ1) is 13.1. The Morgan fingerprint density at radius 3 is 1.89 bits per heavy atom. The Morgan fingerprint density at radius 2 is 1.41 bits per heavy atom. The summed E-state index contributed by atoms with van der Waals surface area (Å²) in [5.41, 5.74) is 8.74. The van der Waals surface area contributed by atoms with Crippen molar-refractivity contribution in [1.82, 2.24) is 0 Å². The van der Waals surface area contributed by atoms with E-state index in [4.69, 9.17) is 10.5 Å².